The molecule has 14 heavy (non-hydrogen) atoms. The van der Waals surface area contributed by atoms with Crippen molar-refractivity contribution in [2.24, 2.45) is 5.73 Å². The van der Waals surface area contributed by atoms with Crippen molar-refractivity contribution in [1.29, 1.82) is 0 Å². The van der Waals surface area contributed by atoms with Gasteiger partial charge in [0.15, 0.2) is 0 Å². The van der Waals surface area contributed by atoms with Crippen molar-refractivity contribution in [3.05, 3.63) is 29.8 Å². The smallest absolute Gasteiger partial charge is 0.118 e. The Balaban J connectivity index is 0.00000169. The van der Waals surface area contributed by atoms with Gasteiger partial charge in [-0.2, -0.15) is 0 Å². The molecule has 0 amide bonds. The van der Waals surface area contributed by atoms with Crippen LogP contribution in [0.4, 0.5) is 0 Å². The Bertz CT molecular complexity index is 247. The van der Waals surface area contributed by atoms with E-state index in [2.05, 4.69) is 0 Å². The quantitative estimate of drug-likeness (QED) is 0.836. The first-order valence-electron chi connectivity index (χ1n) is 4.18. The number of methoxy groups -OCH3 is 2. The highest BCUT2D eigenvalue weighted by Gasteiger charge is 2.06. The number of halogens is 1. The third-order valence-electron chi connectivity index (χ3n) is 1.99. The Morgan fingerprint density at radius 1 is 1.21 bits per heavy atom. The SMILES string of the molecule is COc1ccc(C(CN)OC)cc1.Cl. The van der Waals surface area contributed by atoms with Crippen LogP contribution in [0.25, 0.3) is 0 Å². The van der Waals surface area contributed by atoms with Crippen LogP contribution in [0, 0.1) is 0 Å². The average Bonchev–Trinajstić information content (AvgIpc) is 2.21. The Labute approximate surface area is 90.6 Å². The molecule has 0 aliphatic heterocycles. The summed E-state index contributed by atoms with van der Waals surface area (Å²) in [7, 11) is 3.30. The molecule has 2 N–H and O–H groups in total. The monoisotopic (exact) mass is 217 g/mol. The minimum atomic E-state index is -0.0223. The summed E-state index contributed by atoms with van der Waals surface area (Å²) in [6.45, 7) is 0.489. The van der Waals surface area contributed by atoms with E-state index in [1.54, 1.807) is 14.2 Å². The summed E-state index contributed by atoms with van der Waals surface area (Å²) in [6.07, 6.45) is -0.0223. The summed E-state index contributed by atoms with van der Waals surface area (Å²) < 4.78 is 10.2. The Morgan fingerprint density at radius 3 is 2.14 bits per heavy atom. The van der Waals surface area contributed by atoms with E-state index in [4.69, 9.17) is 15.2 Å². The van der Waals surface area contributed by atoms with Gasteiger partial charge in [0.25, 0.3) is 0 Å². The van der Waals surface area contributed by atoms with Gasteiger partial charge < -0.3 is 15.2 Å². The van der Waals surface area contributed by atoms with Crippen LogP contribution in [-0.4, -0.2) is 20.8 Å². The van der Waals surface area contributed by atoms with Crippen LogP contribution >= 0.6 is 12.4 Å². The van der Waals surface area contributed by atoms with Gasteiger partial charge in [-0.05, 0) is 17.7 Å². The average molecular weight is 218 g/mol. The fraction of sp³-hybridized carbons (Fsp3) is 0.400. The van der Waals surface area contributed by atoms with Crippen molar-refractivity contribution in [3.63, 3.8) is 0 Å². The summed E-state index contributed by atoms with van der Waals surface area (Å²) in [5, 5.41) is 0. The summed E-state index contributed by atoms with van der Waals surface area (Å²) in [5.41, 5.74) is 6.60. The zero-order valence-corrected chi connectivity index (χ0v) is 9.21. The molecule has 0 heterocycles. The maximum atomic E-state index is 5.53. The Morgan fingerprint density at radius 2 is 1.79 bits per heavy atom. The lowest BCUT2D eigenvalue weighted by atomic mass is 10.1. The van der Waals surface area contributed by atoms with Gasteiger partial charge in [0, 0.05) is 13.7 Å². The molecule has 0 saturated carbocycles. The highest BCUT2D eigenvalue weighted by Crippen LogP contribution is 2.18. The minimum Gasteiger partial charge on any atom is -0.497 e. The Kier molecular flexibility index (Phi) is 6.28. The van der Waals surface area contributed by atoms with Crippen LogP contribution in [0.3, 0.4) is 0 Å². The van der Waals surface area contributed by atoms with Gasteiger partial charge in [-0.25, -0.2) is 0 Å². The van der Waals surface area contributed by atoms with Crippen molar-refractivity contribution in [2.75, 3.05) is 20.8 Å². The first-order chi connectivity index (χ1) is 6.31. The van der Waals surface area contributed by atoms with Gasteiger partial charge in [0.1, 0.15) is 5.75 Å². The van der Waals surface area contributed by atoms with Crippen molar-refractivity contribution in [1.82, 2.24) is 0 Å². The van der Waals surface area contributed by atoms with E-state index in [9.17, 15) is 0 Å². The minimum absolute atomic E-state index is 0. The summed E-state index contributed by atoms with van der Waals surface area (Å²) >= 11 is 0. The normalized spacial score (nSPS) is 11.6. The molecule has 1 rings (SSSR count). The van der Waals surface area contributed by atoms with Crippen molar-refractivity contribution in [3.8, 4) is 5.75 Å². The molecule has 80 valence electrons. The first-order valence-corrected chi connectivity index (χ1v) is 4.18. The van der Waals surface area contributed by atoms with Crippen LogP contribution in [0.1, 0.15) is 11.7 Å². The van der Waals surface area contributed by atoms with E-state index in [0.717, 1.165) is 11.3 Å². The van der Waals surface area contributed by atoms with Gasteiger partial charge in [0.05, 0.1) is 13.2 Å². The molecule has 0 spiro atoms. The summed E-state index contributed by atoms with van der Waals surface area (Å²) in [4.78, 5) is 0. The molecule has 4 heteroatoms. The van der Waals surface area contributed by atoms with Gasteiger partial charge in [-0.3, -0.25) is 0 Å². The molecule has 1 aromatic rings. The van der Waals surface area contributed by atoms with Crippen LogP contribution < -0.4 is 10.5 Å². The molecule has 1 atom stereocenters. The molecule has 0 aliphatic carbocycles. The molecular weight excluding hydrogens is 202 g/mol. The second kappa shape index (κ2) is 6.65. The lowest BCUT2D eigenvalue weighted by Gasteiger charge is -2.13. The van der Waals surface area contributed by atoms with Crippen LogP contribution in [-0.2, 0) is 4.74 Å². The maximum absolute atomic E-state index is 5.53. The van der Waals surface area contributed by atoms with E-state index < -0.39 is 0 Å². The molecule has 1 unspecified atom stereocenters. The lowest BCUT2D eigenvalue weighted by molar-refractivity contribution is 0.110. The molecule has 0 bridgehead atoms. The van der Waals surface area contributed by atoms with Gasteiger partial charge in [-0.1, -0.05) is 12.1 Å². The van der Waals surface area contributed by atoms with Gasteiger partial charge in [0.2, 0.25) is 0 Å². The standard InChI is InChI=1S/C10H15NO2.ClH/c1-12-9-5-3-8(4-6-9)10(7-11)13-2;/h3-6,10H,7,11H2,1-2H3;1H. The number of benzene rings is 1. The van der Waals surface area contributed by atoms with Crippen LogP contribution in [0.15, 0.2) is 24.3 Å². The zero-order chi connectivity index (χ0) is 9.68. The Hall–Kier alpha value is -0.770. The largest absolute Gasteiger partial charge is 0.497 e. The molecule has 3 nitrogen and oxygen atoms in total. The molecule has 0 aromatic heterocycles. The van der Waals surface area contributed by atoms with E-state index in [1.165, 1.54) is 0 Å². The topological polar surface area (TPSA) is 44.5 Å². The van der Waals surface area contributed by atoms with Crippen LogP contribution in [0.2, 0.25) is 0 Å². The second-order valence-electron chi connectivity index (χ2n) is 2.73. The first kappa shape index (κ1) is 13.2. The molecule has 0 radical (unpaired) electrons. The molecule has 0 saturated heterocycles. The van der Waals surface area contributed by atoms with Gasteiger partial charge >= 0.3 is 0 Å². The molecule has 0 fully saturated rings. The van der Waals surface area contributed by atoms with E-state index >= 15 is 0 Å². The number of nitrogens with two attached hydrogens (primary N) is 1. The van der Waals surface area contributed by atoms with Crippen LogP contribution in [0.5, 0.6) is 5.75 Å². The molecular formula is C10H16ClNO2. The number of ether oxygens (including phenoxy) is 2. The third kappa shape index (κ3) is 3.18. The maximum Gasteiger partial charge on any atom is 0.118 e. The fourth-order valence-electron chi connectivity index (χ4n) is 1.19. The fourth-order valence-corrected chi connectivity index (χ4v) is 1.19. The highest BCUT2D eigenvalue weighted by molar-refractivity contribution is 5.85. The zero-order valence-electron chi connectivity index (χ0n) is 8.40. The van der Waals surface area contributed by atoms with Crippen molar-refractivity contribution >= 4 is 12.4 Å². The lowest BCUT2D eigenvalue weighted by Crippen LogP contribution is -2.13. The summed E-state index contributed by atoms with van der Waals surface area (Å²) in [6, 6.07) is 7.72. The summed E-state index contributed by atoms with van der Waals surface area (Å²) in [5.74, 6) is 0.843. The molecule has 0 aliphatic rings. The van der Waals surface area contributed by atoms with Crippen molar-refractivity contribution < 1.29 is 9.47 Å². The van der Waals surface area contributed by atoms with E-state index in [-0.39, 0.29) is 18.5 Å². The predicted octanol–water partition coefficient (Wildman–Crippen LogP) is 1.76. The highest BCUT2D eigenvalue weighted by atomic mass is 35.5. The number of hydrogen-bond acceptors (Lipinski definition) is 3. The number of rotatable bonds is 4. The van der Waals surface area contributed by atoms with Crippen molar-refractivity contribution in [2.45, 2.75) is 6.10 Å². The number of hydrogen-bond donors (Lipinski definition) is 1. The third-order valence-corrected chi connectivity index (χ3v) is 1.99. The molecule has 1 aromatic carbocycles. The van der Waals surface area contributed by atoms with E-state index in [1.807, 2.05) is 24.3 Å². The second-order valence-corrected chi connectivity index (χ2v) is 2.73. The van der Waals surface area contributed by atoms with E-state index in [0.29, 0.717) is 6.54 Å². The van der Waals surface area contributed by atoms with Gasteiger partial charge in [-0.15, -0.1) is 12.4 Å². The predicted molar refractivity (Wildman–Crippen MR) is 59.0 cm³/mol.